The Hall–Kier alpha value is -0.860. The van der Waals surface area contributed by atoms with Gasteiger partial charge in [0, 0.05) is 52.4 Å². The fourth-order valence-electron chi connectivity index (χ4n) is 4.18. The molecule has 0 saturated carbocycles. The molecule has 0 spiro atoms. The molecule has 2 aliphatic rings. The molecule has 1 unspecified atom stereocenters. The van der Waals surface area contributed by atoms with Gasteiger partial charge in [-0.2, -0.15) is 0 Å². The van der Waals surface area contributed by atoms with Crippen LogP contribution in [0.25, 0.3) is 0 Å². The van der Waals surface area contributed by atoms with Crippen molar-refractivity contribution in [1.82, 2.24) is 20.0 Å². The number of nitrogens with one attached hydrogen (secondary N) is 1. The molecular weight excluding hydrogens is 461 g/mol. The second-order valence-electron chi connectivity index (χ2n) is 7.90. The van der Waals surface area contributed by atoms with Gasteiger partial charge in [-0.3, -0.25) is 9.89 Å². The van der Waals surface area contributed by atoms with E-state index in [-0.39, 0.29) is 24.0 Å². The summed E-state index contributed by atoms with van der Waals surface area (Å²) in [7, 11) is 0. The van der Waals surface area contributed by atoms with Gasteiger partial charge in [0.1, 0.15) is 0 Å². The topological polar surface area (TPSA) is 34.1 Å². The van der Waals surface area contributed by atoms with E-state index in [1.165, 1.54) is 38.0 Å². The fraction of sp³-hybridized carbons (Fsp3) is 0.682. The van der Waals surface area contributed by atoms with Crippen LogP contribution in [0.1, 0.15) is 32.3 Å². The Morgan fingerprint density at radius 3 is 2.46 bits per heavy atom. The first kappa shape index (κ1) is 23.4. The molecule has 1 atom stereocenters. The first-order valence-electron chi connectivity index (χ1n) is 10.8. The maximum Gasteiger partial charge on any atom is 0.194 e. The summed E-state index contributed by atoms with van der Waals surface area (Å²) in [5, 5.41) is 3.52. The molecule has 2 aliphatic heterocycles. The highest BCUT2D eigenvalue weighted by atomic mass is 127. The summed E-state index contributed by atoms with van der Waals surface area (Å²) in [6, 6.07) is 10.8. The standard InChI is InChI=1S/C22H37N5.HI/c1-3-11-25-12-10-21(19-25)17-24-22(23-4-2)27-15-13-26(14-16-27)18-20-8-6-5-7-9-20;/h5-9,21H,3-4,10-19H2,1-2H3,(H,23,24);1H. The maximum absolute atomic E-state index is 5.01. The van der Waals surface area contributed by atoms with Crippen LogP contribution in [0.5, 0.6) is 0 Å². The molecule has 0 aromatic heterocycles. The predicted octanol–water partition coefficient (Wildman–Crippen LogP) is 3.12. The van der Waals surface area contributed by atoms with Crippen LogP contribution in [0.4, 0.5) is 0 Å². The normalized spacial score (nSPS) is 21.6. The molecule has 158 valence electrons. The lowest BCUT2D eigenvalue weighted by atomic mass is 10.1. The van der Waals surface area contributed by atoms with E-state index in [4.69, 9.17) is 4.99 Å². The third kappa shape index (κ3) is 7.19. The zero-order valence-electron chi connectivity index (χ0n) is 17.6. The SMILES string of the molecule is CCCN1CCC(CN=C(NCC)N2CCN(Cc3ccccc3)CC2)C1.I. The van der Waals surface area contributed by atoms with Crippen molar-refractivity contribution in [3.63, 3.8) is 0 Å². The average molecular weight is 499 g/mol. The number of hydrogen-bond acceptors (Lipinski definition) is 3. The molecule has 28 heavy (non-hydrogen) atoms. The van der Waals surface area contributed by atoms with Crippen molar-refractivity contribution in [2.45, 2.75) is 33.2 Å². The van der Waals surface area contributed by atoms with Gasteiger partial charge in [-0.15, -0.1) is 24.0 Å². The molecule has 2 heterocycles. The van der Waals surface area contributed by atoms with Crippen LogP contribution in [-0.4, -0.2) is 79.6 Å². The van der Waals surface area contributed by atoms with E-state index < -0.39 is 0 Å². The lowest BCUT2D eigenvalue weighted by Gasteiger charge is -2.36. The fourth-order valence-corrected chi connectivity index (χ4v) is 4.18. The molecule has 1 aromatic carbocycles. The Morgan fingerprint density at radius 1 is 1.04 bits per heavy atom. The Morgan fingerprint density at radius 2 is 1.79 bits per heavy atom. The second kappa shape index (κ2) is 12.6. The average Bonchev–Trinajstić information content (AvgIpc) is 3.14. The lowest BCUT2D eigenvalue weighted by molar-refractivity contribution is 0.172. The number of guanidine groups is 1. The van der Waals surface area contributed by atoms with Crippen molar-refractivity contribution in [1.29, 1.82) is 0 Å². The van der Waals surface area contributed by atoms with E-state index >= 15 is 0 Å². The summed E-state index contributed by atoms with van der Waals surface area (Å²) in [6.07, 6.45) is 2.56. The van der Waals surface area contributed by atoms with E-state index in [9.17, 15) is 0 Å². The van der Waals surface area contributed by atoms with Gasteiger partial charge in [0.15, 0.2) is 5.96 Å². The van der Waals surface area contributed by atoms with Gasteiger partial charge >= 0.3 is 0 Å². The Kier molecular flexibility index (Phi) is 10.6. The molecule has 6 heteroatoms. The highest BCUT2D eigenvalue weighted by molar-refractivity contribution is 14.0. The first-order valence-corrected chi connectivity index (χ1v) is 10.8. The molecule has 0 aliphatic carbocycles. The second-order valence-corrected chi connectivity index (χ2v) is 7.90. The van der Waals surface area contributed by atoms with Crippen LogP contribution in [0, 0.1) is 5.92 Å². The number of benzene rings is 1. The van der Waals surface area contributed by atoms with Crippen LogP contribution in [0.2, 0.25) is 0 Å². The van der Waals surface area contributed by atoms with Crippen LogP contribution >= 0.6 is 24.0 Å². The Labute approximate surface area is 188 Å². The first-order chi connectivity index (χ1) is 13.3. The summed E-state index contributed by atoms with van der Waals surface area (Å²) in [4.78, 5) is 12.6. The highest BCUT2D eigenvalue weighted by Gasteiger charge is 2.23. The predicted molar refractivity (Wildman–Crippen MR) is 130 cm³/mol. The minimum Gasteiger partial charge on any atom is -0.357 e. The van der Waals surface area contributed by atoms with Crippen LogP contribution in [0.3, 0.4) is 0 Å². The van der Waals surface area contributed by atoms with Gasteiger partial charge in [-0.25, -0.2) is 0 Å². The van der Waals surface area contributed by atoms with E-state index in [0.717, 1.165) is 57.7 Å². The zero-order chi connectivity index (χ0) is 18.9. The monoisotopic (exact) mass is 499 g/mol. The highest BCUT2D eigenvalue weighted by Crippen LogP contribution is 2.17. The number of nitrogens with zero attached hydrogens (tertiary/aromatic N) is 4. The zero-order valence-corrected chi connectivity index (χ0v) is 20.0. The molecule has 0 amide bonds. The third-order valence-electron chi connectivity index (χ3n) is 5.66. The molecule has 1 aromatic rings. The minimum absolute atomic E-state index is 0. The maximum atomic E-state index is 5.01. The van der Waals surface area contributed by atoms with E-state index in [1.54, 1.807) is 0 Å². The van der Waals surface area contributed by atoms with Crippen molar-refractivity contribution in [2.75, 3.05) is 58.9 Å². The van der Waals surface area contributed by atoms with Crippen LogP contribution in [-0.2, 0) is 6.54 Å². The van der Waals surface area contributed by atoms with E-state index in [2.05, 4.69) is 64.2 Å². The minimum atomic E-state index is 0. The van der Waals surface area contributed by atoms with Gasteiger partial charge in [-0.1, -0.05) is 37.3 Å². The summed E-state index contributed by atoms with van der Waals surface area (Å²) in [5.74, 6) is 1.84. The van der Waals surface area contributed by atoms with Gasteiger partial charge in [0.2, 0.25) is 0 Å². The van der Waals surface area contributed by atoms with Crippen molar-refractivity contribution >= 4 is 29.9 Å². The van der Waals surface area contributed by atoms with Gasteiger partial charge in [0.05, 0.1) is 0 Å². The quantitative estimate of drug-likeness (QED) is 0.355. The molecule has 3 rings (SSSR count). The summed E-state index contributed by atoms with van der Waals surface area (Å²) < 4.78 is 0. The smallest absolute Gasteiger partial charge is 0.194 e. The summed E-state index contributed by atoms with van der Waals surface area (Å²) in [5.41, 5.74) is 1.41. The van der Waals surface area contributed by atoms with Crippen molar-refractivity contribution in [2.24, 2.45) is 10.9 Å². The van der Waals surface area contributed by atoms with Crippen molar-refractivity contribution in [3.8, 4) is 0 Å². The van der Waals surface area contributed by atoms with Crippen LogP contribution in [0.15, 0.2) is 35.3 Å². The molecule has 0 bridgehead atoms. The molecule has 5 nitrogen and oxygen atoms in total. The Balaban J connectivity index is 0.00000280. The van der Waals surface area contributed by atoms with Gasteiger partial charge in [-0.05, 0) is 44.3 Å². The number of aliphatic imine (C=N–C) groups is 1. The number of halogens is 1. The number of likely N-dealkylation sites (tertiary alicyclic amines) is 1. The van der Waals surface area contributed by atoms with Gasteiger partial charge < -0.3 is 15.1 Å². The molecular formula is C22H38IN5. The largest absolute Gasteiger partial charge is 0.357 e. The summed E-state index contributed by atoms with van der Waals surface area (Å²) in [6.45, 7) is 15.4. The third-order valence-corrected chi connectivity index (χ3v) is 5.66. The van der Waals surface area contributed by atoms with E-state index in [0.29, 0.717) is 0 Å². The van der Waals surface area contributed by atoms with Crippen molar-refractivity contribution in [3.05, 3.63) is 35.9 Å². The van der Waals surface area contributed by atoms with Crippen LogP contribution < -0.4 is 5.32 Å². The van der Waals surface area contributed by atoms with Gasteiger partial charge in [0.25, 0.3) is 0 Å². The van der Waals surface area contributed by atoms with Crippen molar-refractivity contribution < 1.29 is 0 Å². The number of rotatable bonds is 7. The Bertz CT molecular complexity index is 572. The number of hydrogen-bond donors (Lipinski definition) is 1. The molecule has 2 saturated heterocycles. The number of piperazine rings is 1. The lowest BCUT2D eigenvalue weighted by Crippen LogP contribution is -2.52. The molecule has 2 fully saturated rings. The molecule has 1 N–H and O–H groups in total. The summed E-state index contributed by atoms with van der Waals surface area (Å²) >= 11 is 0. The van der Waals surface area contributed by atoms with E-state index in [1.807, 2.05) is 0 Å². The molecule has 0 radical (unpaired) electrons.